The predicted molar refractivity (Wildman–Crippen MR) is 46.1 cm³/mol. The fourth-order valence-corrected chi connectivity index (χ4v) is 0.510. The van der Waals surface area contributed by atoms with Crippen LogP contribution in [0.25, 0.3) is 0 Å². The Bertz CT molecular complexity index is 281. The van der Waals surface area contributed by atoms with Crippen LogP contribution < -0.4 is 27.0 Å². The molecule has 0 aromatic carbocycles. The van der Waals surface area contributed by atoms with Crippen molar-refractivity contribution in [2.75, 3.05) is 13.1 Å². The lowest BCUT2D eigenvalue weighted by atomic mass is 10.7. The standard InChI is InChI=1S/C6H11N5O4/c7-5(9-1-3(12)13)11-6(8)10-2-4(14)15/h1-2H2,(H,12,13)(H,14,15)(H5,7,8,9,10,11)/p-2. The maximum absolute atomic E-state index is 9.96. The van der Waals surface area contributed by atoms with Gasteiger partial charge in [-0.2, -0.15) is 0 Å². The van der Waals surface area contributed by atoms with E-state index in [2.05, 4.69) is 15.3 Å². The van der Waals surface area contributed by atoms with Crippen LogP contribution in [0.4, 0.5) is 0 Å². The number of carboxylic acid groups (broad SMARTS) is 2. The molecular weight excluding hydrogens is 206 g/mol. The molecule has 15 heavy (non-hydrogen) atoms. The van der Waals surface area contributed by atoms with Gasteiger partial charge in [0.15, 0.2) is 11.9 Å². The van der Waals surface area contributed by atoms with Crippen LogP contribution in [0.15, 0.2) is 9.98 Å². The topological polar surface area (TPSA) is 169 Å². The molecule has 0 fully saturated rings. The number of nitrogens with two attached hydrogens (primary N) is 2. The lowest BCUT2D eigenvalue weighted by molar-refractivity contribution is -0.304. The summed E-state index contributed by atoms with van der Waals surface area (Å²) in [5, 5.41) is 22.1. The number of carbonyl (C=O) groups excluding carboxylic acids is 2. The summed E-state index contributed by atoms with van der Waals surface area (Å²) in [6.07, 6.45) is 0. The molecule has 0 aliphatic carbocycles. The lowest BCUT2D eigenvalue weighted by Gasteiger charge is -2.05. The van der Waals surface area contributed by atoms with E-state index in [9.17, 15) is 19.8 Å². The Morgan fingerprint density at radius 1 is 1.00 bits per heavy atom. The number of aliphatic imine (C=N–C) groups is 2. The summed E-state index contributed by atoms with van der Waals surface area (Å²) >= 11 is 0. The Kier molecular flexibility index (Phi) is 5.23. The molecule has 0 saturated carbocycles. The summed E-state index contributed by atoms with van der Waals surface area (Å²) in [6.45, 7) is -1.26. The zero-order chi connectivity index (χ0) is 11.8. The second-order valence-corrected chi connectivity index (χ2v) is 2.27. The van der Waals surface area contributed by atoms with E-state index in [0.717, 1.165) is 0 Å². The van der Waals surface area contributed by atoms with Gasteiger partial charge in [0.05, 0.1) is 25.0 Å². The first kappa shape index (κ1) is 12.7. The SMILES string of the molecule is NC(=NCC(=O)[O-])NC(N)=NCC(=O)[O-]. The van der Waals surface area contributed by atoms with Gasteiger partial charge < -0.3 is 31.3 Å². The molecule has 0 radical (unpaired) electrons. The summed E-state index contributed by atoms with van der Waals surface area (Å²) in [6, 6.07) is 0. The number of guanidine groups is 2. The molecule has 0 aliphatic heterocycles. The van der Waals surface area contributed by atoms with Crippen molar-refractivity contribution in [2.45, 2.75) is 0 Å². The first-order valence-corrected chi connectivity index (χ1v) is 3.68. The van der Waals surface area contributed by atoms with Crippen molar-refractivity contribution in [1.29, 1.82) is 0 Å². The molecule has 0 aliphatic rings. The summed E-state index contributed by atoms with van der Waals surface area (Å²) in [4.78, 5) is 26.5. The number of carbonyl (C=O) groups is 2. The zero-order valence-corrected chi connectivity index (χ0v) is 7.60. The molecule has 0 atom stereocenters. The quantitative estimate of drug-likeness (QED) is 0.310. The van der Waals surface area contributed by atoms with Crippen LogP contribution in [0.2, 0.25) is 0 Å². The van der Waals surface area contributed by atoms with E-state index in [1.54, 1.807) is 0 Å². The van der Waals surface area contributed by atoms with E-state index in [4.69, 9.17) is 11.5 Å². The smallest absolute Gasteiger partial charge is 0.195 e. The van der Waals surface area contributed by atoms with Crippen LogP contribution in [-0.4, -0.2) is 36.9 Å². The highest BCUT2D eigenvalue weighted by Crippen LogP contribution is 1.70. The molecule has 0 bridgehead atoms. The third kappa shape index (κ3) is 8.02. The Hall–Kier alpha value is -2.32. The molecule has 9 heteroatoms. The van der Waals surface area contributed by atoms with Gasteiger partial charge in [-0.1, -0.05) is 0 Å². The van der Waals surface area contributed by atoms with Gasteiger partial charge in [-0.25, -0.2) is 9.98 Å². The second kappa shape index (κ2) is 6.18. The van der Waals surface area contributed by atoms with E-state index in [0.29, 0.717) is 0 Å². The molecular formula is C6H9N5O4-2. The van der Waals surface area contributed by atoms with Crippen LogP contribution >= 0.6 is 0 Å². The summed E-state index contributed by atoms with van der Waals surface area (Å²) in [7, 11) is 0. The number of aliphatic carboxylic acids is 2. The largest absolute Gasteiger partial charge is 0.548 e. The fourth-order valence-electron chi connectivity index (χ4n) is 0.510. The molecule has 0 spiro atoms. The van der Waals surface area contributed by atoms with Gasteiger partial charge >= 0.3 is 0 Å². The molecule has 0 aromatic rings. The van der Waals surface area contributed by atoms with Gasteiger partial charge in [-0.3, -0.25) is 5.32 Å². The minimum atomic E-state index is -1.41. The number of rotatable bonds is 4. The highest BCUT2D eigenvalue weighted by atomic mass is 16.4. The fraction of sp³-hybridized carbons (Fsp3) is 0.333. The van der Waals surface area contributed by atoms with Crippen molar-refractivity contribution < 1.29 is 19.8 Å². The van der Waals surface area contributed by atoms with Crippen LogP contribution in [0.3, 0.4) is 0 Å². The first-order valence-electron chi connectivity index (χ1n) is 3.68. The number of hydrogen-bond donors (Lipinski definition) is 3. The number of nitrogens with zero attached hydrogens (tertiary/aromatic N) is 2. The van der Waals surface area contributed by atoms with Crippen molar-refractivity contribution in [3.05, 3.63) is 0 Å². The Labute approximate surface area is 84.5 Å². The highest BCUT2D eigenvalue weighted by molar-refractivity contribution is 5.97. The van der Waals surface area contributed by atoms with Crippen molar-refractivity contribution in [2.24, 2.45) is 21.5 Å². The molecule has 0 amide bonds. The van der Waals surface area contributed by atoms with Crippen LogP contribution in [0, 0.1) is 0 Å². The second-order valence-electron chi connectivity index (χ2n) is 2.27. The average molecular weight is 215 g/mol. The van der Waals surface area contributed by atoms with Crippen molar-refractivity contribution >= 4 is 23.9 Å². The van der Waals surface area contributed by atoms with Gasteiger partial charge in [0, 0.05) is 0 Å². The lowest BCUT2D eigenvalue weighted by Crippen LogP contribution is -2.43. The summed E-state index contributed by atoms with van der Waals surface area (Å²) in [5.74, 6) is -3.44. The van der Waals surface area contributed by atoms with Crippen molar-refractivity contribution in [1.82, 2.24) is 5.32 Å². The normalized spacial score (nSPS) is 12.3. The van der Waals surface area contributed by atoms with Crippen molar-refractivity contribution in [3.63, 3.8) is 0 Å². The molecule has 0 rings (SSSR count). The van der Waals surface area contributed by atoms with E-state index < -0.39 is 25.0 Å². The predicted octanol–water partition coefficient (Wildman–Crippen LogP) is -5.29. The molecule has 5 N–H and O–H groups in total. The van der Waals surface area contributed by atoms with E-state index >= 15 is 0 Å². The first-order chi connectivity index (χ1) is 6.91. The van der Waals surface area contributed by atoms with Crippen LogP contribution in [-0.2, 0) is 9.59 Å². The third-order valence-electron chi connectivity index (χ3n) is 1.01. The molecule has 84 valence electrons. The van der Waals surface area contributed by atoms with Gasteiger partial charge in [-0.15, -0.1) is 0 Å². The van der Waals surface area contributed by atoms with Gasteiger partial charge in [0.1, 0.15) is 0 Å². The van der Waals surface area contributed by atoms with Gasteiger partial charge in [0.25, 0.3) is 0 Å². The Morgan fingerprint density at radius 2 is 1.33 bits per heavy atom. The number of carboxylic acids is 2. The minimum absolute atomic E-state index is 0.307. The molecule has 0 unspecified atom stereocenters. The van der Waals surface area contributed by atoms with Crippen LogP contribution in [0.5, 0.6) is 0 Å². The average Bonchev–Trinajstić information content (AvgIpc) is 2.11. The molecule has 0 aromatic heterocycles. The minimum Gasteiger partial charge on any atom is -0.548 e. The summed E-state index contributed by atoms with van der Waals surface area (Å²) < 4.78 is 0. The van der Waals surface area contributed by atoms with E-state index in [1.807, 2.05) is 0 Å². The maximum atomic E-state index is 9.96. The third-order valence-corrected chi connectivity index (χ3v) is 1.01. The highest BCUT2D eigenvalue weighted by Gasteiger charge is 1.94. The van der Waals surface area contributed by atoms with Gasteiger partial charge in [-0.05, 0) is 0 Å². The van der Waals surface area contributed by atoms with Crippen LogP contribution in [0.1, 0.15) is 0 Å². The Balaban J connectivity index is 4.10. The number of nitrogens with one attached hydrogen (secondary N) is 1. The van der Waals surface area contributed by atoms with E-state index in [1.165, 1.54) is 0 Å². The van der Waals surface area contributed by atoms with Gasteiger partial charge in [0.2, 0.25) is 0 Å². The van der Waals surface area contributed by atoms with E-state index in [-0.39, 0.29) is 11.9 Å². The molecule has 9 nitrogen and oxygen atoms in total. The zero-order valence-electron chi connectivity index (χ0n) is 7.60. The number of hydrogen-bond acceptors (Lipinski definition) is 6. The van der Waals surface area contributed by atoms with Crippen molar-refractivity contribution in [3.8, 4) is 0 Å². The summed E-state index contributed by atoms with van der Waals surface area (Å²) in [5.41, 5.74) is 10.3. The maximum Gasteiger partial charge on any atom is 0.195 e. The Morgan fingerprint density at radius 3 is 1.60 bits per heavy atom. The molecule has 0 heterocycles. The molecule has 0 saturated heterocycles. The monoisotopic (exact) mass is 215 g/mol.